The first-order chi connectivity index (χ1) is 7.67. The Morgan fingerprint density at radius 1 is 1.12 bits per heavy atom. The summed E-state index contributed by atoms with van der Waals surface area (Å²) in [6.07, 6.45) is 1.15. The van der Waals surface area contributed by atoms with E-state index < -0.39 is 0 Å². The molecule has 0 aliphatic carbocycles. The molecule has 0 bridgehead atoms. The van der Waals surface area contributed by atoms with Crippen LogP contribution in [0.25, 0.3) is 0 Å². The van der Waals surface area contributed by atoms with E-state index in [-0.39, 0.29) is 0 Å². The van der Waals surface area contributed by atoms with E-state index >= 15 is 0 Å². The van der Waals surface area contributed by atoms with Crippen molar-refractivity contribution in [3.8, 4) is 5.75 Å². The van der Waals surface area contributed by atoms with Crippen LogP contribution in [0.4, 0.5) is 0 Å². The molecule has 0 spiro atoms. The van der Waals surface area contributed by atoms with Crippen molar-refractivity contribution < 1.29 is 4.74 Å². The molecule has 0 saturated carbocycles. The summed E-state index contributed by atoms with van der Waals surface area (Å²) < 4.78 is 5.42. The van der Waals surface area contributed by atoms with Gasteiger partial charge in [0.15, 0.2) is 0 Å². The van der Waals surface area contributed by atoms with Crippen LogP contribution >= 0.6 is 0 Å². The Morgan fingerprint density at radius 2 is 1.75 bits per heavy atom. The molecule has 0 aliphatic heterocycles. The van der Waals surface area contributed by atoms with E-state index in [1.807, 2.05) is 19.1 Å². The van der Waals surface area contributed by atoms with Crippen molar-refractivity contribution >= 4 is 0 Å². The molecule has 1 aromatic rings. The van der Waals surface area contributed by atoms with Gasteiger partial charge in [-0.2, -0.15) is 0 Å². The van der Waals surface area contributed by atoms with Gasteiger partial charge in [-0.15, -0.1) is 0 Å². The largest absolute Gasteiger partial charge is 0.494 e. The van der Waals surface area contributed by atoms with E-state index in [0.29, 0.717) is 12.1 Å². The Hall–Kier alpha value is -1.02. The quantitative estimate of drug-likeness (QED) is 0.793. The van der Waals surface area contributed by atoms with Gasteiger partial charge in [0, 0.05) is 12.1 Å². The van der Waals surface area contributed by atoms with Crippen LogP contribution in [0.15, 0.2) is 24.3 Å². The van der Waals surface area contributed by atoms with Gasteiger partial charge in [0.05, 0.1) is 6.61 Å². The number of rotatable bonds is 6. The van der Waals surface area contributed by atoms with Crippen LogP contribution in [0.1, 0.15) is 45.7 Å². The van der Waals surface area contributed by atoms with Gasteiger partial charge < -0.3 is 10.1 Å². The van der Waals surface area contributed by atoms with Crippen LogP contribution in [0.2, 0.25) is 0 Å². The summed E-state index contributed by atoms with van der Waals surface area (Å²) in [5.74, 6) is 0.946. The van der Waals surface area contributed by atoms with E-state index in [4.69, 9.17) is 4.74 Å². The average molecular weight is 221 g/mol. The fourth-order valence-electron chi connectivity index (χ4n) is 1.66. The summed E-state index contributed by atoms with van der Waals surface area (Å²) in [7, 11) is 0. The van der Waals surface area contributed by atoms with Crippen molar-refractivity contribution in [2.45, 2.75) is 46.2 Å². The Kier molecular flexibility index (Phi) is 5.33. The van der Waals surface area contributed by atoms with Crippen molar-refractivity contribution in [2.75, 3.05) is 6.61 Å². The van der Waals surface area contributed by atoms with Gasteiger partial charge in [-0.1, -0.05) is 19.1 Å². The fraction of sp³-hybridized carbons (Fsp3) is 0.571. The third-order valence-electron chi connectivity index (χ3n) is 2.84. The summed E-state index contributed by atoms with van der Waals surface area (Å²) in [5.41, 5.74) is 1.31. The molecular weight excluding hydrogens is 198 g/mol. The number of hydrogen-bond acceptors (Lipinski definition) is 2. The minimum atomic E-state index is 0.394. The van der Waals surface area contributed by atoms with Crippen LogP contribution < -0.4 is 10.1 Å². The molecule has 1 rings (SSSR count). The van der Waals surface area contributed by atoms with Crippen molar-refractivity contribution in [2.24, 2.45) is 0 Å². The topological polar surface area (TPSA) is 21.3 Å². The van der Waals surface area contributed by atoms with Gasteiger partial charge in [0.1, 0.15) is 5.75 Å². The number of ether oxygens (including phenoxy) is 1. The molecule has 0 heterocycles. The molecule has 0 radical (unpaired) electrons. The number of nitrogens with one attached hydrogen (secondary N) is 1. The van der Waals surface area contributed by atoms with Crippen LogP contribution in [0.5, 0.6) is 5.75 Å². The zero-order valence-corrected chi connectivity index (χ0v) is 10.8. The lowest BCUT2D eigenvalue weighted by Crippen LogP contribution is -2.28. The molecular formula is C14H23NO. The first-order valence-electron chi connectivity index (χ1n) is 6.16. The highest BCUT2D eigenvalue weighted by Gasteiger charge is 2.07. The summed E-state index contributed by atoms with van der Waals surface area (Å²) >= 11 is 0. The zero-order chi connectivity index (χ0) is 12.0. The molecule has 2 nitrogen and oxygen atoms in total. The second kappa shape index (κ2) is 6.54. The SMILES string of the molecule is CCOc1ccc([C@H](C)N[C@H](C)CC)cc1. The average Bonchev–Trinajstić information content (AvgIpc) is 2.30. The van der Waals surface area contributed by atoms with Gasteiger partial charge in [-0.05, 0) is 44.9 Å². The highest BCUT2D eigenvalue weighted by atomic mass is 16.5. The molecule has 0 amide bonds. The normalized spacial score (nSPS) is 14.5. The van der Waals surface area contributed by atoms with Crippen molar-refractivity contribution in [3.05, 3.63) is 29.8 Å². The van der Waals surface area contributed by atoms with Gasteiger partial charge >= 0.3 is 0 Å². The second-order valence-corrected chi connectivity index (χ2v) is 4.20. The van der Waals surface area contributed by atoms with E-state index in [1.54, 1.807) is 0 Å². The maximum atomic E-state index is 5.42. The van der Waals surface area contributed by atoms with E-state index in [1.165, 1.54) is 5.56 Å². The summed E-state index contributed by atoms with van der Waals surface area (Å²) in [4.78, 5) is 0. The van der Waals surface area contributed by atoms with Crippen molar-refractivity contribution in [1.29, 1.82) is 0 Å². The van der Waals surface area contributed by atoms with Crippen molar-refractivity contribution in [1.82, 2.24) is 5.32 Å². The number of hydrogen-bond donors (Lipinski definition) is 1. The molecule has 0 aromatic heterocycles. The molecule has 0 unspecified atom stereocenters. The summed E-state index contributed by atoms with van der Waals surface area (Å²) in [6, 6.07) is 9.28. The second-order valence-electron chi connectivity index (χ2n) is 4.20. The molecule has 0 aliphatic rings. The lowest BCUT2D eigenvalue weighted by molar-refractivity contribution is 0.340. The fourth-order valence-corrected chi connectivity index (χ4v) is 1.66. The smallest absolute Gasteiger partial charge is 0.119 e. The van der Waals surface area contributed by atoms with Crippen LogP contribution in [-0.4, -0.2) is 12.6 Å². The molecule has 0 fully saturated rings. The molecule has 90 valence electrons. The third-order valence-corrected chi connectivity index (χ3v) is 2.84. The van der Waals surface area contributed by atoms with Crippen LogP contribution in [-0.2, 0) is 0 Å². The van der Waals surface area contributed by atoms with E-state index in [9.17, 15) is 0 Å². The lowest BCUT2D eigenvalue weighted by Gasteiger charge is -2.19. The molecule has 2 heteroatoms. The van der Waals surface area contributed by atoms with Gasteiger partial charge in [-0.25, -0.2) is 0 Å². The third kappa shape index (κ3) is 3.86. The van der Waals surface area contributed by atoms with Gasteiger partial charge in [-0.3, -0.25) is 0 Å². The standard InChI is InChI=1S/C14H23NO/c1-5-11(3)15-12(4)13-7-9-14(10-8-13)16-6-2/h7-12,15H,5-6H2,1-4H3/t11-,12+/m1/s1. The monoisotopic (exact) mass is 221 g/mol. The Labute approximate surface area is 99.0 Å². The summed E-state index contributed by atoms with van der Waals surface area (Å²) in [5, 5.41) is 3.56. The Bertz CT molecular complexity index is 294. The van der Waals surface area contributed by atoms with Crippen LogP contribution in [0, 0.1) is 0 Å². The summed E-state index contributed by atoms with van der Waals surface area (Å²) in [6.45, 7) is 9.33. The minimum Gasteiger partial charge on any atom is -0.494 e. The first kappa shape index (κ1) is 13.0. The Balaban J connectivity index is 2.59. The highest BCUT2D eigenvalue weighted by molar-refractivity contribution is 5.28. The van der Waals surface area contributed by atoms with Gasteiger partial charge in [0.25, 0.3) is 0 Å². The van der Waals surface area contributed by atoms with E-state index in [0.717, 1.165) is 18.8 Å². The first-order valence-corrected chi connectivity index (χ1v) is 6.16. The van der Waals surface area contributed by atoms with Crippen LogP contribution in [0.3, 0.4) is 0 Å². The highest BCUT2D eigenvalue weighted by Crippen LogP contribution is 2.18. The van der Waals surface area contributed by atoms with Gasteiger partial charge in [0.2, 0.25) is 0 Å². The zero-order valence-electron chi connectivity index (χ0n) is 10.8. The molecule has 1 N–H and O–H groups in total. The lowest BCUT2D eigenvalue weighted by atomic mass is 10.1. The maximum absolute atomic E-state index is 5.42. The molecule has 2 atom stereocenters. The maximum Gasteiger partial charge on any atom is 0.119 e. The van der Waals surface area contributed by atoms with E-state index in [2.05, 4.69) is 38.2 Å². The Morgan fingerprint density at radius 3 is 2.25 bits per heavy atom. The minimum absolute atomic E-state index is 0.394. The predicted octanol–water partition coefficient (Wildman–Crippen LogP) is 3.53. The number of benzene rings is 1. The molecule has 0 saturated heterocycles. The molecule has 1 aromatic carbocycles. The molecule has 16 heavy (non-hydrogen) atoms. The predicted molar refractivity (Wildman–Crippen MR) is 68.9 cm³/mol. The van der Waals surface area contributed by atoms with Crippen molar-refractivity contribution in [3.63, 3.8) is 0 Å².